The van der Waals surface area contributed by atoms with Crippen molar-refractivity contribution < 1.29 is 9.59 Å². The quantitative estimate of drug-likeness (QED) is 0.660. The molecule has 0 saturated carbocycles. The molecule has 0 bridgehead atoms. The second-order valence-corrected chi connectivity index (χ2v) is 5.29. The number of carbonyl (C=O) groups is 2. The van der Waals surface area contributed by atoms with E-state index < -0.39 is 0 Å². The van der Waals surface area contributed by atoms with Crippen molar-refractivity contribution in [2.75, 3.05) is 11.2 Å². The largest absolute Gasteiger partial charge is 0.308 e. The van der Waals surface area contributed by atoms with Gasteiger partial charge in [0.1, 0.15) is 5.82 Å². The lowest BCUT2D eigenvalue weighted by molar-refractivity contribution is -0.125. The van der Waals surface area contributed by atoms with Gasteiger partial charge in [0.2, 0.25) is 5.91 Å². The lowest BCUT2D eigenvalue weighted by atomic mass is 10.1. The van der Waals surface area contributed by atoms with Gasteiger partial charge in [0.25, 0.3) is 5.24 Å². The normalized spacial score (nSPS) is 15.2. The number of hydrazine groups is 1. The number of fused-ring (bicyclic) bond motifs is 1. The average molecular weight is 288 g/mol. The summed E-state index contributed by atoms with van der Waals surface area (Å²) in [6.45, 7) is 0.183. The van der Waals surface area contributed by atoms with Crippen LogP contribution in [-0.4, -0.2) is 26.8 Å². The van der Waals surface area contributed by atoms with Gasteiger partial charge < -0.3 is 5.43 Å². The minimum absolute atomic E-state index is 0.183. The van der Waals surface area contributed by atoms with Gasteiger partial charge >= 0.3 is 0 Å². The summed E-state index contributed by atoms with van der Waals surface area (Å²) in [4.78, 5) is 28.9. The topological polar surface area (TPSA) is 88.3 Å². The third-order valence-electron chi connectivity index (χ3n) is 3.11. The van der Waals surface area contributed by atoms with Gasteiger partial charge in [0.15, 0.2) is 0 Å². The molecule has 2 amide bonds. The average Bonchev–Trinajstić information content (AvgIpc) is 2.78. The molecule has 1 saturated heterocycles. The molecule has 0 spiro atoms. The summed E-state index contributed by atoms with van der Waals surface area (Å²) in [6, 6.07) is 9.49. The molecule has 2 aromatic rings. The summed E-state index contributed by atoms with van der Waals surface area (Å²) in [6.07, 6.45) is 0. The number of nitrogen functional groups attached to an aromatic ring is 1. The molecular weight excluding hydrogens is 276 g/mol. The molecule has 7 heteroatoms. The van der Waals surface area contributed by atoms with Gasteiger partial charge in [0.05, 0.1) is 17.8 Å². The van der Waals surface area contributed by atoms with Crippen molar-refractivity contribution in [1.82, 2.24) is 9.88 Å². The monoisotopic (exact) mass is 288 g/mol. The second-order valence-electron chi connectivity index (χ2n) is 4.37. The Morgan fingerprint density at radius 3 is 2.85 bits per heavy atom. The number of benzene rings is 1. The van der Waals surface area contributed by atoms with Crippen LogP contribution in [-0.2, 0) is 11.3 Å². The number of thioether (sulfide) groups is 1. The number of para-hydroxylation sites is 1. The van der Waals surface area contributed by atoms with E-state index in [9.17, 15) is 9.59 Å². The van der Waals surface area contributed by atoms with Gasteiger partial charge in [0, 0.05) is 10.9 Å². The van der Waals surface area contributed by atoms with Crippen molar-refractivity contribution in [2.45, 2.75) is 6.54 Å². The number of hydrogen-bond donors (Lipinski definition) is 2. The summed E-state index contributed by atoms with van der Waals surface area (Å²) >= 11 is 1.02. The van der Waals surface area contributed by atoms with Gasteiger partial charge in [-0.2, -0.15) is 0 Å². The number of aromatic nitrogens is 1. The lowest BCUT2D eigenvalue weighted by Gasteiger charge is -2.15. The number of nitrogens with zero attached hydrogens (tertiary/aromatic N) is 2. The Morgan fingerprint density at radius 1 is 1.35 bits per heavy atom. The number of nitrogens with two attached hydrogens (primary N) is 1. The van der Waals surface area contributed by atoms with Gasteiger partial charge in [-0.05, 0) is 12.1 Å². The predicted molar refractivity (Wildman–Crippen MR) is 78.0 cm³/mol. The highest BCUT2D eigenvalue weighted by Gasteiger charge is 2.30. The van der Waals surface area contributed by atoms with Gasteiger partial charge in [-0.25, -0.2) is 10.8 Å². The third kappa shape index (κ3) is 2.21. The van der Waals surface area contributed by atoms with E-state index in [0.29, 0.717) is 5.82 Å². The zero-order valence-electron chi connectivity index (χ0n) is 10.5. The van der Waals surface area contributed by atoms with E-state index in [1.807, 2.05) is 30.3 Å². The van der Waals surface area contributed by atoms with Crippen LogP contribution in [0.1, 0.15) is 5.56 Å². The minimum atomic E-state index is -0.230. The van der Waals surface area contributed by atoms with Crippen molar-refractivity contribution in [1.29, 1.82) is 0 Å². The van der Waals surface area contributed by atoms with Crippen LogP contribution in [0.2, 0.25) is 0 Å². The first-order valence-electron chi connectivity index (χ1n) is 6.01. The van der Waals surface area contributed by atoms with Crippen LogP contribution in [0.5, 0.6) is 0 Å². The molecule has 1 aliphatic rings. The zero-order chi connectivity index (χ0) is 14.1. The van der Waals surface area contributed by atoms with Crippen molar-refractivity contribution in [3.63, 3.8) is 0 Å². The predicted octanol–water partition coefficient (Wildman–Crippen LogP) is 1.72. The van der Waals surface area contributed by atoms with Crippen LogP contribution in [0.15, 0.2) is 30.3 Å². The van der Waals surface area contributed by atoms with Crippen LogP contribution < -0.4 is 11.3 Å². The van der Waals surface area contributed by atoms with E-state index >= 15 is 0 Å². The number of carbonyl (C=O) groups excluding carboxylic acids is 2. The molecule has 3 rings (SSSR count). The molecule has 102 valence electrons. The maximum Gasteiger partial charge on any atom is 0.289 e. The fourth-order valence-corrected chi connectivity index (χ4v) is 2.83. The maximum absolute atomic E-state index is 11.7. The van der Waals surface area contributed by atoms with E-state index in [1.165, 1.54) is 4.90 Å². The van der Waals surface area contributed by atoms with Crippen LogP contribution in [0.4, 0.5) is 10.6 Å². The number of rotatable bonds is 3. The molecule has 0 aliphatic carbocycles. The van der Waals surface area contributed by atoms with E-state index in [4.69, 9.17) is 5.84 Å². The summed E-state index contributed by atoms with van der Waals surface area (Å²) in [5.41, 5.74) is 4.05. The first-order valence-corrected chi connectivity index (χ1v) is 7.00. The van der Waals surface area contributed by atoms with Crippen molar-refractivity contribution >= 4 is 39.6 Å². The third-order valence-corrected chi connectivity index (χ3v) is 3.97. The molecule has 2 heterocycles. The molecule has 0 unspecified atom stereocenters. The molecule has 1 fully saturated rings. The molecule has 1 aliphatic heterocycles. The van der Waals surface area contributed by atoms with Crippen molar-refractivity contribution in [3.8, 4) is 0 Å². The fraction of sp³-hybridized carbons (Fsp3) is 0.154. The van der Waals surface area contributed by atoms with E-state index in [0.717, 1.165) is 28.2 Å². The number of amides is 2. The Hall–Kier alpha value is -2.12. The molecule has 0 atom stereocenters. The number of imide groups is 1. The van der Waals surface area contributed by atoms with Crippen LogP contribution in [0.3, 0.4) is 0 Å². The molecule has 6 nitrogen and oxygen atoms in total. The van der Waals surface area contributed by atoms with Crippen molar-refractivity contribution in [2.24, 2.45) is 5.84 Å². The van der Waals surface area contributed by atoms with E-state index in [-0.39, 0.29) is 23.4 Å². The SMILES string of the molecule is NNc1nc2ccccc2cc1CN1C(=O)CSC1=O. The fourth-order valence-electron chi connectivity index (χ4n) is 2.11. The first kappa shape index (κ1) is 12.9. The molecule has 1 aromatic carbocycles. The standard InChI is InChI=1S/C13H12N4O2S/c14-16-12-9(6-17-11(18)7-20-13(17)19)5-8-3-1-2-4-10(8)15-12/h1-5H,6-7,14H2,(H,15,16). The Balaban J connectivity index is 2.01. The van der Waals surface area contributed by atoms with E-state index in [1.54, 1.807) is 0 Å². The molecule has 0 radical (unpaired) electrons. The number of nitrogens with one attached hydrogen (secondary N) is 1. The number of pyridine rings is 1. The summed E-state index contributed by atoms with van der Waals surface area (Å²) in [7, 11) is 0. The van der Waals surface area contributed by atoms with E-state index in [2.05, 4.69) is 10.4 Å². The molecular formula is C13H12N4O2S. The Bertz CT molecular complexity index is 688. The Morgan fingerprint density at radius 2 is 2.15 bits per heavy atom. The van der Waals surface area contributed by atoms with Crippen molar-refractivity contribution in [3.05, 3.63) is 35.9 Å². The first-order chi connectivity index (χ1) is 9.69. The van der Waals surface area contributed by atoms with Crippen LogP contribution in [0.25, 0.3) is 10.9 Å². The maximum atomic E-state index is 11.7. The zero-order valence-corrected chi connectivity index (χ0v) is 11.3. The summed E-state index contributed by atoms with van der Waals surface area (Å²) in [5.74, 6) is 5.97. The second kappa shape index (κ2) is 5.10. The minimum Gasteiger partial charge on any atom is -0.308 e. The van der Waals surface area contributed by atoms with Gasteiger partial charge in [-0.1, -0.05) is 30.0 Å². The van der Waals surface area contributed by atoms with Crippen LogP contribution in [0, 0.1) is 0 Å². The molecule has 20 heavy (non-hydrogen) atoms. The molecule has 1 aromatic heterocycles. The van der Waals surface area contributed by atoms with Gasteiger partial charge in [-0.15, -0.1) is 0 Å². The summed E-state index contributed by atoms with van der Waals surface area (Å²) < 4.78 is 0. The number of hydrogen-bond acceptors (Lipinski definition) is 6. The van der Waals surface area contributed by atoms with Gasteiger partial charge in [-0.3, -0.25) is 14.5 Å². The molecule has 3 N–H and O–H groups in total. The Kier molecular flexibility index (Phi) is 3.29. The smallest absolute Gasteiger partial charge is 0.289 e. The lowest BCUT2D eigenvalue weighted by Crippen LogP contribution is -2.28. The highest BCUT2D eigenvalue weighted by atomic mass is 32.2. The summed E-state index contributed by atoms with van der Waals surface area (Å²) in [5, 5.41) is 0.708. The highest BCUT2D eigenvalue weighted by molar-refractivity contribution is 8.14. The number of anilines is 1. The Labute approximate surface area is 119 Å². The highest BCUT2D eigenvalue weighted by Crippen LogP contribution is 2.25. The van der Waals surface area contributed by atoms with Crippen LogP contribution >= 0.6 is 11.8 Å².